The predicted molar refractivity (Wildman–Crippen MR) is 98.4 cm³/mol. The molecule has 4 heteroatoms. The number of carbonyl (C=O) groups excluding carboxylic acids is 1. The van der Waals surface area contributed by atoms with Gasteiger partial charge in [-0.05, 0) is 87.4 Å². The highest BCUT2D eigenvalue weighted by molar-refractivity contribution is 6.24. The van der Waals surface area contributed by atoms with Crippen LogP contribution in [-0.4, -0.2) is 33.1 Å². The molecule has 25 heavy (non-hydrogen) atoms. The van der Waals surface area contributed by atoms with Crippen LogP contribution in [0, 0.1) is 34.5 Å². The van der Waals surface area contributed by atoms with Crippen LogP contribution < -0.4 is 0 Å². The van der Waals surface area contributed by atoms with Crippen molar-refractivity contribution in [2.75, 3.05) is 0 Å². The highest BCUT2D eigenvalue weighted by Crippen LogP contribution is 2.68. The Labute approximate surface area is 156 Å². The van der Waals surface area contributed by atoms with Gasteiger partial charge in [-0.3, -0.25) is 4.79 Å². The highest BCUT2D eigenvalue weighted by atomic mass is 35.5. The third kappa shape index (κ3) is 2.21. The Morgan fingerprint density at radius 3 is 2.44 bits per heavy atom. The van der Waals surface area contributed by atoms with Crippen molar-refractivity contribution in [1.29, 1.82) is 0 Å². The van der Waals surface area contributed by atoms with E-state index in [1.807, 2.05) is 0 Å². The lowest BCUT2D eigenvalue weighted by atomic mass is 9.44. The molecule has 142 valence electrons. The lowest BCUT2D eigenvalue weighted by molar-refractivity contribution is -0.170. The summed E-state index contributed by atoms with van der Waals surface area (Å²) in [6.45, 7) is 6.08. The Hall–Kier alpha value is -0.120. The molecular weight excluding hydrogens is 336 g/mol. The van der Waals surface area contributed by atoms with Crippen molar-refractivity contribution in [3.63, 3.8) is 0 Å². The van der Waals surface area contributed by atoms with Gasteiger partial charge >= 0.3 is 0 Å². The SMILES string of the molecule is CC(=O)[C@@]1(O)C(Cl)CC2C3CC[C@H]4C[C@H](O)CC[C@]4(C)C3CC[C@@]21C. The van der Waals surface area contributed by atoms with Crippen LogP contribution in [0.5, 0.6) is 0 Å². The molecule has 9 atom stereocenters. The number of alkyl halides is 1. The van der Waals surface area contributed by atoms with Crippen LogP contribution in [0.15, 0.2) is 0 Å². The van der Waals surface area contributed by atoms with E-state index < -0.39 is 11.0 Å². The summed E-state index contributed by atoms with van der Waals surface area (Å²) >= 11 is 6.60. The molecule has 3 nitrogen and oxygen atoms in total. The minimum Gasteiger partial charge on any atom is -0.393 e. The molecule has 4 unspecified atom stereocenters. The molecule has 0 amide bonds. The number of halogens is 1. The van der Waals surface area contributed by atoms with Crippen molar-refractivity contribution in [3.8, 4) is 0 Å². The summed E-state index contributed by atoms with van der Waals surface area (Å²) in [6.07, 6.45) is 7.95. The van der Waals surface area contributed by atoms with Crippen molar-refractivity contribution < 1.29 is 15.0 Å². The topological polar surface area (TPSA) is 57.5 Å². The number of hydrogen-bond acceptors (Lipinski definition) is 3. The second-order valence-electron chi connectivity index (χ2n) is 10.1. The number of carbonyl (C=O) groups is 1. The molecule has 0 spiro atoms. The van der Waals surface area contributed by atoms with Gasteiger partial charge in [-0.25, -0.2) is 0 Å². The zero-order valence-corrected chi connectivity index (χ0v) is 16.6. The van der Waals surface area contributed by atoms with Crippen LogP contribution in [0.4, 0.5) is 0 Å². The second kappa shape index (κ2) is 5.69. The predicted octanol–water partition coefficient (Wildman–Crippen LogP) is 3.93. The molecule has 2 N–H and O–H groups in total. The average Bonchev–Trinajstić information content (AvgIpc) is 2.77. The van der Waals surface area contributed by atoms with Gasteiger partial charge in [0.25, 0.3) is 0 Å². The van der Waals surface area contributed by atoms with E-state index in [4.69, 9.17) is 11.6 Å². The molecule has 0 aromatic rings. The fraction of sp³-hybridized carbons (Fsp3) is 0.952. The van der Waals surface area contributed by atoms with Crippen LogP contribution in [0.25, 0.3) is 0 Å². The molecule has 0 aromatic carbocycles. The number of aliphatic hydroxyl groups excluding tert-OH is 1. The summed E-state index contributed by atoms with van der Waals surface area (Å²) in [6, 6.07) is 0. The monoisotopic (exact) mass is 368 g/mol. The van der Waals surface area contributed by atoms with Crippen LogP contribution in [0.1, 0.15) is 72.1 Å². The Morgan fingerprint density at radius 1 is 1.04 bits per heavy atom. The van der Waals surface area contributed by atoms with Gasteiger partial charge in [-0.1, -0.05) is 13.8 Å². The van der Waals surface area contributed by atoms with Gasteiger partial charge in [0.15, 0.2) is 5.78 Å². The Balaban J connectivity index is 1.67. The van der Waals surface area contributed by atoms with Crippen LogP contribution in [-0.2, 0) is 4.79 Å². The molecule has 0 aromatic heterocycles. The molecule has 0 aliphatic heterocycles. The van der Waals surface area contributed by atoms with Crippen molar-refractivity contribution >= 4 is 17.4 Å². The van der Waals surface area contributed by atoms with Gasteiger partial charge in [0, 0.05) is 5.41 Å². The van der Waals surface area contributed by atoms with E-state index in [2.05, 4.69) is 13.8 Å². The van der Waals surface area contributed by atoms with Gasteiger partial charge in [0.05, 0.1) is 11.5 Å². The first-order chi connectivity index (χ1) is 11.6. The summed E-state index contributed by atoms with van der Waals surface area (Å²) in [5, 5.41) is 21.0. The molecule has 0 radical (unpaired) electrons. The standard InChI is InChI=1S/C21H33ClO3/c1-12(23)21(25)18(22)11-17-15-5-4-13-10-14(24)6-8-19(13,2)16(15)7-9-20(17,21)3/h13-18,24-25H,4-11H2,1-3H3/t13-,14+,15?,16?,17?,18?,19-,20-,21+/m0/s1. The number of Topliss-reactive ketones (excluding diaryl/α,β-unsaturated/α-hetero) is 1. The van der Waals surface area contributed by atoms with Crippen molar-refractivity contribution in [3.05, 3.63) is 0 Å². The maximum absolute atomic E-state index is 12.4. The molecular formula is C21H33ClO3. The van der Waals surface area contributed by atoms with E-state index in [-0.39, 0.29) is 17.3 Å². The van der Waals surface area contributed by atoms with E-state index in [9.17, 15) is 15.0 Å². The summed E-state index contributed by atoms with van der Waals surface area (Å²) < 4.78 is 0. The zero-order valence-electron chi connectivity index (χ0n) is 15.8. The van der Waals surface area contributed by atoms with Crippen LogP contribution in [0.3, 0.4) is 0 Å². The van der Waals surface area contributed by atoms with Gasteiger partial charge in [0.2, 0.25) is 0 Å². The van der Waals surface area contributed by atoms with E-state index >= 15 is 0 Å². The summed E-state index contributed by atoms with van der Waals surface area (Å²) in [5.74, 6) is 2.02. The van der Waals surface area contributed by atoms with Crippen LogP contribution in [0.2, 0.25) is 0 Å². The number of rotatable bonds is 1. The van der Waals surface area contributed by atoms with E-state index in [1.165, 1.54) is 13.3 Å². The normalized spacial score (nSPS) is 58.2. The Bertz CT molecular complexity index is 579. The largest absolute Gasteiger partial charge is 0.393 e. The van der Waals surface area contributed by atoms with Crippen molar-refractivity contribution in [2.24, 2.45) is 34.5 Å². The minimum atomic E-state index is -1.37. The third-order valence-corrected chi connectivity index (χ3v) is 9.84. The molecule has 4 aliphatic carbocycles. The maximum Gasteiger partial charge on any atom is 0.163 e. The zero-order chi connectivity index (χ0) is 18.2. The van der Waals surface area contributed by atoms with E-state index in [1.54, 1.807) is 0 Å². The molecule has 4 saturated carbocycles. The van der Waals surface area contributed by atoms with Gasteiger partial charge in [-0.15, -0.1) is 11.6 Å². The summed E-state index contributed by atoms with van der Waals surface area (Å²) in [4.78, 5) is 12.4. The second-order valence-corrected chi connectivity index (χ2v) is 10.6. The van der Waals surface area contributed by atoms with Gasteiger partial charge in [0.1, 0.15) is 5.60 Å². The maximum atomic E-state index is 12.4. The Kier molecular flexibility index (Phi) is 4.15. The average molecular weight is 369 g/mol. The van der Waals surface area contributed by atoms with Crippen molar-refractivity contribution in [1.82, 2.24) is 0 Å². The van der Waals surface area contributed by atoms with Gasteiger partial charge in [-0.2, -0.15) is 0 Å². The first-order valence-corrected chi connectivity index (χ1v) is 10.6. The number of aliphatic hydroxyl groups is 2. The summed E-state index contributed by atoms with van der Waals surface area (Å²) in [7, 11) is 0. The number of hydrogen-bond donors (Lipinski definition) is 2. The third-order valence-electron chi connectivity index (χ3n) is 9.35. The van der Waals surface area contributed by atoms with E-state index in [0.29, 0.717) is 29.1 Å². The van der Waals surface area contributed by atoms with Gasteiger partial charge < -0.3 is 10.2 Å². The van der Waals surface area contributed by atoms with Crippen molar-refractivity contribution in [2.45, 2.75) is 89.2 Å². The molecule has 0 heterocycles. The Morgan fingerprint density at radius 2 is 1.76 bits per heavy atom. The number of ketones is 1. The lowest BCUT2D eigenvalue weighted by Gasteiger charge is -2.61. The smallest absolute Gasteiger partial charge is 0.163 e. The highest BCUT2D eigenvalue weighted by Gasteiger charge is 2.69. The molecule has 4 fully saturated rings. The van der Waals surface area contributed by atoms with Crippen LogP contribution >= 0.6 is 11.6 Å². The molecule has 0 bridgehead atoms. The van der Waals surface area contributed by atoms with E-state index in [0.717, 1.165) is 44.9 Å². The quantitative estimate of drug-likeness (QED) is 0.689. The minimum absolute atomic E-state index is 0.120. The first-order valence-electron chi connectivity index (χ1n) is 10.2. The number of fused-ring (bicyclic) bond motifs is 5. The molecule has 0 saturated heterocycles. The fourth-order valence-corrected chi connectivity index (χ4v) is 8.43. The first kappa shape index (κ1) is 18.3. The molecule has 4 rings (SSSR count). The fourth-order valence-electron chi connectivity index (χ4n) is 7.84. The lowest BCUT2D eigenvalue weighted by Crippen LogP contribution is -2.60. The summed E-state index contributed by atoms with van der Waals surface area (Å²) in [5.41, 5.74) is -1.45. The molecule has 4 aliphatic rings.